The number of nitrogens with zero attached hydrogens (tertiary/aromatic N) is 4. The number of nitrogens with one attached hydrogen (secondary N) is 1. The fourth-order valence-electron chi connectivity index (χ4n) is 1.93. The third kappa shape index (κ3) is 2.51. The van der Waals surface area contributed by atoms with Gasteiger partial charge in [-0.05, 0) is 17.7 Å². The Morgan fingerprint density at radius 2 is 2.05 bits per heavy atom. The van der Waals surface area contributed by atoms with Crippen LogP contribution in [0, 0.1) is 5.82 Å². The van der Waals surface area contributed by atoms with Crippen molar-refractivity contribution in [3.63, 3.8) is 0 Å². The van der Waals surface area contributed by atoms with Crippen molar-refractivity contribution < 1.29 is 9.18 Å². The molecule has 3 rings (SSSR count). The molecule has 112 valence electrons. The fraction of sp³-hybridized carbons (Fsp3) is 0.0769. The highest BCUT2D eigenvalue weighted by molar-refractivity contribution is 5.91. The summed E-state index contributed by atoms with van der Waals surface area (Å²) in [5.74, 6) is -0.813. The van der Waals surface area contributed by atoms with Crippen LogP contribution in [0.1, 0.15) is 16.1 Å². The number of hydrogen-bond acceptors (Lipinski definition) is 4. The van der Waals surface area contributed by atoms with Gasteiger partial charge in [-0.15, -0.1) is 0 Å². The second kappa shape index (κ2) is 5.28. The number of halogens is 1. The molecule has 0 bridgehead atoms. The fourth-order valence-corrected chi connectivity index (χ4v) is 1.93. The molecule has 0 radical (unpaired) electrons. The lowest BCUT2D eigenvalue weighted by atomic mass is 10.2. The summed E-state index contributed by atoms with van der Waals surface area (Å²) in [6.07, 6.45) is 1.28. The van der Waals surface area contributed by atoms with E-state index in [9.17, 15) is 14.0 Å². The van der Waals surface area contributed by atoms with Gasteiger partial charge in [-0.1, -0.05) is 12.1 Å². The van der Waals surface area contributed by atoms with E-state index < -0.39 is 11.6 Å². The van der Waals surface area contributed by atoms with Crippen LogP contribution in [0.3, 0.4) is 0 Å². The first-order chi connectivity index (χ1) is 10.5. The summed E-state index contributed by atoms with van der Waals surface area (Å²) in [5, 5.41) is 10.2. The number of aromatic nitrogens is 5. The maximum atomic E-state index is 12.9. The normalized spacial score (nSPS) is 10.8. The maximum absolute atomic E-state index is 12.9. The van der Waals surface area contributed by atoms with E-state index in [2.05, 4.69) is 15.3 Å². The zero-order valence-corrected chi connectivity index (χ0v) is 11.2. The molecule has 0 unspecified atom stereocenters. The Balaban J connectivity index is 1.89. The van der Waals surface area contributed by atoms with Crippen LogP contribution in [0.5, 0.6) is 0 Å². The van der Waals surface area contributed by atoms with E-state index in [1.165, 1.54) is 33.8 Å². The molecule has 0 saturated carbocycles. The van der Waals surface area contributed by atoms with Crippen molar-refractivity contribution in [1.82, 2.24) is 24.5 Å². The molecule has 2 heterocycles. The Labute approximate surface area is 123 Å². The Morgan fingerprint density at radius 1 is 1.32 bits per heavy atom. The molecule has 0 aliphatic carbocycles. The highest BCUT2D eigenvalue weighted by atomic mass is 19.1. The van der Waals surface area contributed by atoms with Gasteiger partial charge in [-0.3, -0.25) is 9.89 Å². The molecule has 0 spiro atoms. The average Bonchev–Trinajstić information content (AvgIpc) is 3.09. The van der Waals surface area contributed by atoms with Crippen LogP contribution < -0.4 is 11.4 Å². The molecule has 0 saturated heterocycles. The van der Waals surface area contributed by atoms with E-state index in [0.717, 1.165) is 5.56 Å². The summed E-state index contributed by atoms with van der Waals surface area (Å²) < 4.78 is 15.2. The number of aromatic amines is 1. The molecular formula is C13H11FN6O2. The van der Waals surface area contributed by atoms with Gasteiger partial charge in [0, 0.05) is 6.07 Å². The molecule has 0 fully saturated rings. The van der Waals surface area contributed by atoms with Gasteiger partial charge in [0.15, 0.2) is 5.82 Å². The van der Waals surface area contributed by atoms with E-state index in [-0.39, 0.29) is 23.9 Å². The molecular weight excluding hydrogens is 291 g/mol. The van der Waals surface area contributed by atoms with Crippen LogP contribution in [0.25, 0.3) is 5.82 Å². The molecule has 0 atom stereocenters. The predicted octanol–water partition coefficient (Wildman–Crippen LogP) is 0.0434. The maximum Gasteiger partial charge on any atom is 0.351 e. The van der Waals surface area contributed by atoms with Gasteiger partial charge in [0.25, 0.3) is 5.91 Å². The lowest BCUT2D eigenvalue weighted by Gasteiger charge is -2.00. The van der Waals surface area contributed by atoms with Crippen LogP contribution in [-0.2, 0) is 6.54 Å². The molecule has 8 nitrogen and oxygen atoms in total. The van der Waals surface area contributed by atoms with E-state index in [0.29, 0.717) is 0 Å². The molecule has 2 aromatic heterocycles. The Morgan fingerprint density at radius 3 is 2.68 bits per heavy atom. The van der Waals surface area contributed by atoms with E-state index >= 15 is 0 Å². The van der Waals surface area contributed by atoms with Gasteiger partial charge in [-0.2, -0.15) is 10.2 Å². The smallest absolute Gasteiger partial charge is 0.351 e. The lowest BCUT2D eigenvalue weighted by Crippen LogP contribution is -2.24. The number of carbonyl (C=O) groups excluding carboxylic acids is 1. The molecule has 22 heavy (non-hydrogen) atoms. The summed E-state index contributed by atoms with van der Waals surface area (Å²) in [7, 11) is 0. The molecule has 1 aromatic carbocycles. The summed E-state index contributed by atoms with van der Waals surface area (Å²) in [6.45, 7) is 0.194. The van der Waals surface area contributed by atoms with Gasteiger partial charge in [0.1, 0.15) is 17.8 Å². The minimum Gasteiger partial charge on any atom is -0.364 e. The van der Waals surface area contributed by atoms with Crippen molar-refractivity contribution in [2.45, 2.75) is 6.54 Å². The zero-order valence-electron chi connectivity index (χ0n) is 11.2. The van der Waals surface area contributed by atoms with E-state index in [4.69, 9.17) is 5.73 Å². The van der Waals surface area contributed by atoms with E-state index in [1.807, 2.05) is 0 Å². The molecule has 9 heteroatoms. The Hall–Kier alpha value is -3.23. The molecule has 0 aliphatic rings. The first-order valence-corrected chi connectivity index (χ1v) is 6.29. The number of benzene rings is 1. The Bertz CT molecular complexity index is 877. The molecule has 3 N–H and O–H groups in total. The van der Waals surface area contributed by atoms with Crippen LogP contribution >= 0.6 is 0 Å². The topological polar surface area (TPSA) is 112 Å². The Kier molecular flexibility index (Phi) is 3.30. The monoisotopic (exact) mass is 302 g/mol. The number of carbonyl (C=O) groups is 1. The molecule has 1 amide bonds. The van der Waals surface area contributed by atoms with Gasteiger partial charge in [-0.25, -0.2) is 18.4 Å². The van der Waals surface area contributed by atoms with Crippen molar-refractivity contribution in [2.75, 3.05) is 0 Å². The van der Waals surface area contributed by atoms with Gasteiger partial charge < -0.3 is 5.73 Å². The summed E-state index contributed by atoms with van der Waals surface area (Å²) in [4.78, 5) is 23.3. The number of hydrogen-bond donors (Lipinski definition) is 2. The van der Waals surface area contributed by atoms with Crippen molar-refractivity contribution in [3.8, 4) is 5.82 Å². The number of nitrogens with two attached hydrogens (primary N) is 1. The molecule has 3 aromatic rings. The van der Waals surface area contributed by atoms with Gasteiger partial charge >= 0.3 is 5.69 Å². The second-order valence-electron chi connectivity index (χ2n) is 4.57. The van der Waals surface area contributed by atoms with Crippen LogP contribution in [-0.4, -0.2) is 30.5 Å². The third-order valence-electron chi connectivity index (χ3n) is 3.06. The van der Waals surface area contributed by atoms with E-state index in [1.54, 1.807) is 12.1 Å². The first-order valence-electron chi connectivity index (χ1n) is 6.29. The van der Waals surface area contributed by atoms with Gasteiger partial charge in [0.05, 0.1) is 6.54 Å². The quantitative estimate of drug-likeness (QED) is 0.708. The number of primary amides is 1. The highest BCUT2D eigenvalue weighted by Crippen LogP contribution is 2.05. The second-order valence-corrected chi connectivity index (χ2v) is 4.57. The minimum atomic E-state index is -0.675. The third-order valence-corrected chi connectivity index (χ3v) is 3.06. The summed E-state index contributed by atoms with van der Waals surface area (Å²) in [5.41, 5.74) is 5.50. The van der Waals surface area contributed by atoms with Gasteiger partial charge in [0.2, 0.25) is 0 Å². The van der Waals surface area contributed by atoms with Crippen molar-refractivity contribution in [3.05, 3.63) is 64.2 Å². The average molecular weight is 302 g/mol. The SMILES string of the molecule is NC(=O)c1cc(-n2cnn(Cc3ccc(F)cc3)c2=O)n[nH]1. The van der Waals surface area contributed by atoms with Crippen molar-refractivity contribution in [1.29, 1.82) is 0 Å². The summed E-state index contributed by atoms with van der Waals surface area (Å²) in [6, 6.07) is 7.11. The zero-order chi connectivity index (χ0) is 15.7. The highest BCUT2D eigenvalue weighted by Gasteiger charge is 2.12. The largest absolute Gasteiger partial charge is 0.364 e. The predicted molar refractivity (Wildman–Crippen MR) is 74.0 cm³/mol. The number of H-pyrrole nitrogens is 1. The molecule has 0 aliphatic heterocycles. The van der Waals surface area contributed by atoms with Crippen LogP contribution in [0.15, 0.2) is 41.5 Å². The van der Waals surface area contributed by atoms with Crippen LogP contribution in [0.2, 0.25) is 0 Å². The number of amides is 1. The minimum absolute atomic E-state index is 0.0909. The lowest BCUT2D eigenvalue weighted by molar-refractivity contribution is 0.0995. The van der Waals surface area contributed by atoms with Crippen molar-refractivity contribution >= 4 is 5.91 Å². The standard InChI is InChI=1S/C13H11FN6O2/c14-9-3-1-8(2-4-9)6-20-13(22)19(7-16-20)11-5-10(12(15)21)17-18-11/h1-5,7H,6H2,(H2,15,21)(H,17,18). The van der Waals surface area contributed by atoms with Crippen LogP contribution in [0.4, 0.5) is 4.39 Å². The summed E-state index contributed by atoms with van der Waals surface area (Å²) >= 11 is 0. The number of rotatable bonds is 4. The first kappa shape index (κ1) is 13.7. The van der Waals surface area contributed by atoms with Crippen molar-refractivity contribution in [2.24, 2.45) is 5.73 Å².